The minimum atomic E-state index is -0.994. The van der Waals surface area contributed by atoms with Gasteiger partial charge in [0.25, 0.3) is 0 Å². The van der Waals surface area contributed by atoms with Gasteiger partial charge in [-0.1, -0.05) is 53.7 Å². The molecule has 0 saturated heterocycles. The molecule has 4 rings (SSSR count). The fraction of sp³-hybridized carbons (Fsp3) is 0.160. The molecular formula is C25H22N2O4. The van der Waals surface area contributed by atoms with Gasteiger partial charge >= 0.3 is 5.97 Å². The van der Waals surface area contributed by atoms with Gasteiger partial charge in [-0.3, -0.25) is 4.98 Å². The van der Waals surface area contributed by atoms with E-state index in [1.807, 2.05) is 54.6 Å². The lowest BCUT2D eigenvalue weighted by Gasteiger charge is -2.20. The first-order valence-electron chi connectivity index (χ1n) is 10.0. The summed E-state index contributed by atoms with van der Waals surface area (Å²) in [6, 6.07) is 19.3. The number of hydrogen-bond donors (Lipinski definition) is 1. The number of carboxylic acids is 1. The number of oxime groups is 1. The van der Waals surface area contributed by atoms with Crippen molar-refractivity contribution in [3.8, 4) is 5.75 Å². The third-order valence-corrected chi connectivity index (χ3v) is 4.99. The second-order valence-corrected chi connectivity index (χ2v) is 7.05. The summed E-state index contributed by atoms with van der Waals surface area (Å²) in [6.45, 7) is -0.0561. The zero-order valence-electron chi connectivity index (χ0n) is 16.9. The van der Waals surface area contributed by atoms with Crippen molar-refractivity contribution in [1.29, 1.82) is 0 Å². The average Bonchev–Trinajstić information content (AvgIpc) is 2.81. The molecule has 6 nitrogen and oxygen atoms in total. The quantitative estimate of drug-likeness (QED) is 0.438. The van der Waals surface area contributed by atoms with Crippen LogP contribution in [0, 0.1) is 0 Å². The van der Waals surface area contributed by atoms with Gasteiger partial charge in [0, 0.05) is 29.1 Å². The molecule has 0 amide bonds. The Morgan fingerprint density at radius 2 is 1.77 bits per heavy atom. The van der Waals surface area contributed by atoms with E-state index in [1.54, 1.807) is 18.5 Å². The van der Waals surface area contributed by atoms with Crippen LogP contribution < -0.4 is 4.74 Å². The largest absolute Gasteiger partial charge is 0.482 e. The molecule has 1 aliphatic carbocycles. The highest BCUT2D eigenvalue weighted by Crippen LogP contribution is 2.33. The molecule has 2 aromatic carbocycles. The van der Waals surface area contributed by atoms with Crippen molar-refractivity contribution in [2.75, 3.05) is 13.2 Å². The molecule has 6 heteroatoms. The zero-order chi connectivity index (χ0) is 21.5. The molecular weight excluding hydrogens is 392 g/mol. The molecule has 1 heterocycles. The van der Waals surface area contributed by atoms with Gasteiger partial charge < -0.3 is 14.7 Å². The maximum absolute atomic E-state index is 10.9. The fourth-order valence-corrected chi connectivity index (χ4v) is 3.58. The van der Waals surface area contributed by atoms with Gasteiger partial charge in [-0.15, -0.1) is 0 Å². The van der Waals surface area contributed by atoms with Crippen molar-refractivity contribution in [1.82, 2.24) is 4.98 Å². The molecule has 0 atom stereocenters. The third-order valence-electron chi connectivity index (χ3n) is 4.99. The van der Waals surface area contributed by atoms with Crippen LogP contribution >= 0.6 is 0 Å². The molecule has 31 heavy (non-hydrogen) atoms. The lowest BCUT2D eigenvalue weighted by molar-refractivity contribution is -0.139. The van der Waals surface area contributed by atoms with Crippen molar-refractivity contribution in [3.05, 3.63) is 101 Å². The first kappa shape index (κ1) is 20.3. The van der Waals surface area contributed by atoms with Crippen LogP contribution in [0.1, 0.15) is 28.7 Å². The molecule has 0 saturated carbocycles. The molecule has 0 aliphatic heterocycles. The Hall–Kier alpha value is -3.93. The summed E-state index contributed by atoms with van der Waals surface area (Å²) in [6.07, 6.45) is 7.22. The number of hydrogen-bond acceptors (Lipinski definition) is 5. The fourth-order valence-electron chi connectivity index (χ4n) is 3.58. The van der Waals surface area contributed by atoms with Gasteiger partial charge in [-0.25, -0.2) is 4.79 Å². The Balaban J connectivity index is 1.55. The molecule has 0 fully saturated rings. The molecule has 0 spiro atoms. The second kappa shape index (κ2) is 9.71. The summed E-state index contributed by atoms with van der Waals surface area (Å²) in [5.41, 5.74) is 5.63. The highest BCUT2D eigenvalue weighted by Gasteiger charge is 2.18. The van der Waals surface area contributed by atoms with E-state index in [0.29, 0.717) is 12.4 Å². The van der Waals surface area contributed by atoms with Gasteiger partial charge in [-0.2, -0.15) is 0 Å². The van der Waals surface area contributed by atoms with Crippen LogP contribution in [0.25, 0.3) is 5.57 Å². The Morgan fingerprint density at radius 3 is 2.55 bits per heavy atom. The summed E-state index contributed by atoms with van der Waals surface area (Å²) in [5.74, 6) is -0.387. The summed E-state index contributed by atoms with van der Waals surface area (Å²) >= 11 is 0. The first-order valence-corrected chi connectivity index (χ1v) is 10.0. The average molecular weight is 414 g/mol. The second-order valence-electron chi connectivity index (χ2n) is 7.05. The number of aromatic nitrogens is 1. The molecule has 0 unspecified atom stereocenters. The predicted molar refractivity (Wildman–Crippen MR) is 118 cm³/mol. The topological polar surface area (TPSA) is 81.0 Å². The van der Waals surface area contributed by atoms with Crippen molar-refractivity contribution in [2.45, 2.75) is 12.8 Å². The standard InChI is InChI=1S/C25H22N2O4/c28-24(29)17-30-23-11-5-9-21-20(8-4-10-22(21)23)16-31-27-25(18-6-2-1-3-7-18)19-12-14-26-15-13-19/h1-3,5-9,11-15H,4,10,16-17H2,(H,28,29). The molecule has 3 aromatic rings. The number of rotatable bonds is 8. The van der Waals surface area contributed by atoms with Crippen LogP contribution in [0.15, 0.2) is 84.3 Å². The Kier molecular flexibility index (Phi) is 6.38. The Bertz CT molecular complexity index is 1070. The van der Waals surface area contributed by atoms with Crippen LogP contribution in [0.5, 0.6) is 5.75 Å². The van der Waals surface area contributed by atoms with E-state index in [2.05, 4.69) is 16.2 Å². The SMILES string of the molecule is O=C(O)COc1cccc2c1CCC=C2CON=C(c1ccccc1)c1ccncc1. The third kappa shape index (κ3) is 4.98. The number of fused-ring (bicyclic) bond motifs is 1. The number of carboxylic acid groups (broad SMARTS) is 1. The van der Waals surface area contributed by atoms with Crippen molar-refractivity contribution in [3.63, 3.8) is 0 Å². The summed E-state index contributed by atoms with van der Waals surface area (Å²) in [5, 5.41) is 13.4. The van der Waals surface area contributed by atoms with Crippen LogP contribution in [0.3, 0.4) is 0 Å². The number of aliphatic carboxylic acids is 1. The minimum absolute atomic E-state index is 0.302. The number of benzene rings is 2. The van der Waals surface area contributed by atoms with Crippen LogP contribution in [0.2, 0.25) is 0 Å². The number of ether oxygens (including phenoxy) is 1. The smallest absolute Gasteiger partial charge is 0.341 e. The van der Waals surface area contributed by atoms with Gasteiger partial charge in [0.05, 0.1) is 0 Å². The molecule has 0 radical (unpaired) electrons. The molecule has 1 N–H and O–H groups in total. The maximum atomic E-state index is 10.9. The number of carbonyl (C=O) groups is 1. The van der Waals surface area contributed by atoms with E-state index < -0.39 is 5.97 Å². The van der Waals surface area contributed by atoms with E-state index in [9.17, 15) is 4.79 Å². The normalized spacial score (nSPS) is 13.2. The van der Waals surface area contributed by atoms with E-state index in [4.69, 9.17) is 14.7 Å². The van der Waals surface area contributed by atoms with Gasteiger partial charge in [0.1, 0.15) is 18.1 Å². The van der Waals surface area contributed by atoms with Gasteiger partial charge in [0.2, 0.25) is 0 Å². The summed E-state index contributed by atoms with van der Waals surface area (Å²) in [7, 11) is 0. The van der Waals surface area contributed by atoms with E-state index in [1.165, 1.54) is 0 Å². The van der Waals surface area contributed by atoms with Crippen molar-refractivity contribution >= 4 is 17.3 Å². The number of nitrogens with zero attached hydrogens (tertiary/aromatic N) is 2. The molecule has 1 aromatic heterocycles. The number of pyridine rings is 1. The van der Waals surface area contributed by atoms with Gasteiger partial charge in [0.15, 0.2) is 6.61 Å². The van der Waals surface area contributed by atoms with Crippen LogP contribution in [-0.4, -0.2) is 35.0 Å². The van der Waals surface area contributed by atoms with E-state index in [0.717, 1.165) is 46.4 Å². The highest BCUT2D eigenvalue weighted by molar-refractivity contribution is 6.12. The summed E-state index contributed by atoms with van der Waals surface area (Å²) in [4.78, 5) is 20.8. The van der Waals surface area contributed by atoms with E-state index in [-0.39, 0.29) is 6.61 Å². The molecule has 0 bridgehead atoms. The van der Waals surface area contributed by atoms with Crippen LogP contribution in [0.4, 0.5) is 0 Å². The number of allylic oxidation sites excluding steroid dienone is 1. The van der Waals surface area contributed by atoms with Crippen molar-refractivity contribution < 1.29 is 19.5 Å². The predicted octanol–water partition coefficient (Wildman–Crippen LogP) is 4.34. The highest BCUT2D eigenvalue weighted by atomic mass is 16.6. The Morgan fingerprint density at radius 1 is 1.00 bits per heavy atom. The van der Waals surface area contributed by atoms with E-state index >= 15 is 0 Å². The maximum Gasteiger partial charge on any atom is 0.341 e. The minimum Gasteiger partial charge on any atom is -0.482 e. The van der Waals surface area contributed by atoms with Crippen LogP contribution in [-0.2, 0) is 16.1 Å². The summed E-state index contributed by atoms with van der Waals surface area (Å²) < 4.78 is 5.47. The zero-order valence-corrected chi connectivity index (χ0v) is 16.9. The van der Waals surface area contributed by atoms with Crippen molar-refractivity contribution in [2.24, 2.45) is 5.16 Å². The molecule has 1 aliphatic rings. The monoisotopic (exact) mass is 414 g/mol. The molecule has 156 valence electrons. The van der Waals surface area contributed by atoms with Gasteiger partial charge in [-0.05, 0) is 42.2 Å². The Labute approximate surface area is 180 Å². The lowest BCUT2D eigenvalue weighted by atomic mass is 9.90. The first-order chi connectivity index (χ1) is 15.2. The lowest BCUT2D eigenvalue weighted by Crippen LogP contribution is -2.12.